The molecule has 0 unspecified atom stereocenters. The molecule has 24 heavy (non-hydrogen) atoms. The van der Waals surface area contributed by atoms with Gasteiger partial charge < -0.3 is 5.32 Å². The number of hydrogen-bond donors (Lipinski definition) is 1. The minimum absolute atomic E-state index is 0.0858. The summed E-state index contributed by atoms with van der Waals surface area (Å²) in [6.07, 6.45) is 2.75. The van der Waals surface area contributed by atoms with Crippen molar-refractivity contribution >= 4 is 5.91 Å². The van der Waals surface area contributed by atoms with Crippen LogP contribution in [0.1, 0.15) is 41.0 Å². The van der Waals surface area contributed by atoms with Crippen LogP contribution in [-0.2, 0) is 24.1 Å². The van der Waals surface area contributed by atoms with Gasteiger partial charge in [-0.25, -0.2) is 4.68 Å². The topological polar surface area (TPSA) is 46.9 Å². The molecule has 6 heteroatoms. The van der Waals surface area contributed by atoms with Gasteiger partial charge in [0.2, 0.25) is 5.91 Å². The maximum atomic E-state index is 12.9. The number of aromatic nitrogens is 2. The van der Waals surface area contributed by atoms with Crippen molar-refractivity contribution in [2.75, 3.05) is 0 Å². The summed E-state index contributed by atoms with van der Waals surface area (Å²) in [5.41, 5.74) is 4.03. The van der Waals surface area contributed by atoms with E-state index in [2.05, 4.69) is 22.5 Å². The predicted molar refractivity (Wildman–Crippen MR) is 87.1 cm³/mol. The van der Waals surface area contributed by atoms with Gasteiger partial charge in [-0.1, -0.05) is 24.3 Å². The van der Waals surface area contributed by atoms with Gasteiger partial charge in [-0.2, -0.15) is 13.9 Å². The molecular weight excluding hydrogens is 312 g/mol. The van der Waals surface area contributed by atoms with Crippen molar-refractivity contribution in [3.05, 3.63) is 52.3 Å². The molecule has 128 valence electrons. The maximum Gasteiger partial charge on any atom is 0.333 e. The minimum atomic E-state index is -2.68. The van der Waals surface area contributed by atoms with Gasteiger partial charge >= 0.3 is 6.55 Å². The normalized spacial score (nSPS) is 17.0. The lowest BCUT2D eigenvalue weighted by molar-refractivity contribution is -0.121. The molecule has 1 aliphatic carbocycles. The number of rotatable bonds is 4. The average Bonchev–Trinajstić information content (AvgIpc) is 2.83. The van der Waals surface area contributed by atoms with E-state index in [0.29, 0.717) is 21.6 Å². The number of carbonyl (C=O) groups excluding carboxylic acids is 1. The standard InChI is InChI=1S/C18H21F2N3O/c1-11-16(12(2)23(22-11)18(19)20)10-17(24)21-15-8-7-13-5-3-4-6-14(13)9-15/h3-6,15,18H,7-10H2,1-2H3,(H,21,24)/t15-/m0/s1. The van der Waals surface area contributed by atoms with Gasteiger partial charge in [0.05, 0.1) is 12.1 Å². The summed E-state index contributed by atoms with van der Waals surface area (Å²) in [5.74, 6) is -0.139. The van der Waals surface area contributed by atoms with Crippen LogP contribution >= 0.6 is 0 Å². The molecule has 0 fully saturated rings. The Labute approximate surface area is 139 Å². The third-order valence-electron chi connectivity index (χ3n) is 4.71. The van der Waals surface area contributed by atoms with Crippen LogP contribution in [0.5, 0.6) is 0 Å². The van der Waals surface area contributed by atoms with Crippen molar-refractivity contribution in [2.45, 2.75) is 52.1 Å². The minimum Gasteiger partial charge on any atom is -0.353 e. The zero-order chi connectivity index (χ0) is 17.3. The Balaban J connectivity index is 1.65. The van der Waals surface area contributed by atoms with E-state index in [1.807, 2.05) is 12.1 Å². The number of alkyl halides is 2. The van der Waals surface area contributed by atoms with Crippen LogP contribution in [0.25, 0.3) is 0 Å². The van der Waals surface area contributed by atoms with Crippen LogP contribution in [0, 0.1) is 13.8 Å². The quantitative estimate of drug-likeness (QED) is 0.934. The highest BCUT2D eigenvalue weighted by Gasteiger charge is 2.22. The van der Waals surface area contributed by atoms with Crippen molar-refractivity contribution in [1.29, 1.82) is 0 Å². The van der Waals surface area contributed by atoms with Crippen molar-refractivity contribution in [1.82, 2.24) is 15.1 Å². The molecule has 1 heterocycles. The SMILES string of the molecule is Cc1nn(C(F)F)c(C)c1CC(=O)N[C@H]1CCc2ccccc2C1. The molecule has 1 aromatic heterocycles. The number of nitrogens with one attached hydrogen (secondary N) is 1. The van der Waals surface area contributed by atoms with Crippen molar-refractivity contribution < 1.29 is 13.6 Å². The molecule has 0 radical (unpaired) electrons. The lowest BCUT2D eigenvalue weighted by Crippen LogP contribution is -2.39. The summed E-state index contributed by atoms with van der Waals surface area (Å²) in [6.45, 7) is 0.548. The second-order valence-electron chi connectivity index (χ2n) is 6.32. The number of hydrogen-bond acceptors (Lipinski definition) is 2. The summed E-state index contributed by atoms with van der Waals surface area (Å²) < 4.78 is 26.4. The smallest absolute Gasteiger partial charge is 0.333 e. The fourth-order valence-electron chi connectivity index (χ4n) is 3.40. The molecule has 0 spiro atoms. The van der Waals surface area contributed by atoms with Crippen LogP contribution < -0.4 is 5.32 Å². The van der Waals surface area contributed by atoms with Gasteiger partial charge in [0, 0.05) is 17.3 Å². The predicted octanol–water partition coefficient (Wildman–Crippen LogP) is 3.11. The Bertz CT molecular complexity index is 755. The van der Waals surface area contributed by atoms with E-state index < -0.39 is 6.55 Å². The Morgan fingerprint density at radius 3 is 2.71 bits per heavy atom. The summed E-state index contributed by atoms with van der Waals surface area (Å²) in [6, 6.07) is 8.35. The summed E-state index contributed by atoms with van der Waals surface area (Å²) in [7, 11) is 0. The lowest BCUT2D eigenvalue weighted by Gasteiger charge is -2.25. The van der Waals surface area contributed by atoms with Crippen LogP contribution in [0.2, 0.25) is 0 Å². The van der Waals surface area contributed by atoms with Crippen molar-refractivity contribution in [3.8, 4) is 0 Å². The largest absolute Gasteiger partial charge is 0.353 e. The highest BCUT2D eigenvalue weighted by Crippen LogP contribution is 2.22. The molecule has 1 amide bonds. The van der Waals surface area contributed by atoms with E-state index in [4.69, 9.17) is 0 Å². The second-order valence-corrected chi connectivity index (χ2v) is 6.32. The number of fused-ring (bicyclic) bond motifs is 1. The van der Waals surface area contributed by atoms with E-state index in [-0.39, 0.29) is 18.4 Å². The summed E-state index contributed by atoms with van der Waals surface area (Å²) in [5, 5.41) is 6.86. The molecule has 0 saturated heterocycles. The van der Waals surface area contributed by atoms with Crippen LogP contribution in [0.3, 0.4) is 0 Å². The zero-order valence-corrected chi connectivity index (χ0v) is 13.9. The molecule has 1 aliphatic rings. The monoisotopic (exact) mass is 333 g/mol. The zero-order valence-electron chi connectivity index (χ0n) is 13.9. The van der Waals surface area contributed by atoms with E-state index in [9.17, 15) is 13.6 Å². The molecule has 4 nitrogen and oxygen atoms in total. The first-order valence-corrected chi connectivity index (χ1v) is 8.14. The van der Waals surface area contributed by atoms with Gasteiger partial charge in [-0.05, 0) is 44.2 Å². The van der Waals surface area contributed by atoms with E-state index in [1.54, 1.807) is 13.8 Å². The Hall–Kier alpha value is -2.24. The molecule has 2 aromatic rings. The van der Waals surface area contributed by atoms with Gasteiger partial charge in [0.25, 0.3) is 0 Å². The number of carbonyl (C=O) groups is 1. The van der Waals surface area contributed by atoms with Gasteiger partial charge in [0.1, 0.15) is 0 Å². The Morgan fingerprint density at radius 2 is 2.04 bits per heavy atom. The van der Waals surface area contributed by atoms with Crippen molar-refractivity contribution in [2.24, 2.45) is 0 Å². The van der Waals surface area contributed by atoms with Crippen molar-refractivity contribution in [3.63, 3.8) is 0 Å². The van der Waals surface area contributed by atoms with E-state index >= 15 is 0 Å². The summed E-state index contributed by atoms with van der Waals surface area (Å²) >= 11 is 0. The van der Waals surface area contributed by atoms with Gasteiger partial charge in [-0.3, -0.25) is 4.79 Å². The van der Waals surface area contributed by atoms with E-state index in [0.717, 1.165) is 19.3 Å². The molecule has 1 atom stereocenters. The highest BCUT2D eigenvalue weighted by molar-refractivity contribution is 5.79. The Kier molecular flexibility index (Phi) is 4.64. The lowest BCUT2D eigenvalue weighted by atomic mass is 9.88. The fraction of sp³-hybridized carbons (Fsp3) is 0.444. The number of benzene rings is 1. The maximum absolute atomic E-state index is 12.9. The second kappa shape index (κ2) is 6.71. The molecule has 1 N–H and O–H groups in total. The third kappa shape index (κ3) is 3.32. The molecule has 0 aliphatic heterocycles. The average molecular weight is 333 g/mol. The molecule has 0 saturated carbocycles. The molecule has 3 rings (SSSR count). The van der Waals surface area contributed by atoms with Gasteiger partial charge in [0.15, 0.2) is 0 Å². The van der Waals surface area contributed by atoms with E-state index in [1.165, 1.54) is 11.1 Å². The molecule has 0 bridgehead atoms. The molecule has 1 aromatic carbocycles. The number of halogens is 2. The first-order chi connectivity index (χ1) is 11.5. The number of nitrogens with zero attached hydrogens (tertiary/aromatic N) is 2. The fourth-order valence-corrected chi connectivity index (χ4v) is 3.40. The first-order valence-electron chi connectivity index (χ1n) is 8.14. The third-order valence-corrected chi connectivity index (χ3v) is 4.71. The highest BCUT2D eigenvalue weighted by atomic mass is 19.3. The summed E-state index contributed by atoms with van der Waals surface area (Å²) in [4.78, 5) is 12.3. The number of aryl methyl sites for hydroxylation is 2. The van der Waals surface area contributed by atoms with Crippen LogP contribution in [-0.4, -0.2) is 21.7 Å². The van der Waals surface area contributed by atoms with Crippen LogP contribution in [0.4, 0.5) is 8.78 Å². The van der Waals surface area contributed by atoms with Crippen LogP contribution in [0.15, 0.2) is 24.3 Å². The first kappa shape index (κ1) is 16.6. The van der Waals surface area contributed by atoms with Gasteiger partial charge in [-0.15, -0.1) is 0 Å². The number of amides is 1. The Morgan fingerprint density at radius 1 is 1.33 bits per heavy atom. The molecular formula is C18H21F2N3O.